The number of amides is 2. The number of halogens is 3. The van der Waals surface area contributed by atoms with Crippen LogP contribution in [-0.4, -0.2) is 29.9 Å². The fourth-order valence-corrected chi connectivity index (χ4v) is 4.91. The van der Waals surface area contributed by atoms with Crippen LogP contribution in [0.1, 0.15) is 33.8 Å². The Morgan fingerprint density at radius 3 is 2.38 bits per heavy atom. The molecule has 3 heterocycles. The van der Waals surface area contributed by atoms with Gasteiger partial charge < -0.3 is 16.0 Å². The Morgan fingerprint density at radius 1 is 1.12 bits per heavy atom. The van der Waals surface area contributed by atoms with E-state index in [-0.39, 0.29) is 16.7 Å². The van der Waals surface area contributed by atoms with Gasteiger partial charge in [-0.2, -0.15) is 13.2 Å². The summed E-state index contributed by atoms with van der Waals surface area (Å²) in [5, 5.41) is 3.33. The average Bonchev–Trinajstić information content (AvgIpc) is 3.10. The van der Waals surface area contributed by atoms with E-state index >= 15 is 0 Å². The van der Waals surface area contributed by atoms with Crippen LogP contribution in [0.15, 0.2) is 36.4 Å². The molecule has 1 aromatic carbocycles. The Bertz CT molecular complexity index is 1170. The SMILES string of the molecule is Cc1c(C(=O)Nc2ccc(N3CCC(C(N)=O)CC3)cc2)sc2nc(C(F)(F)F)ccc12. The summed E-state index contributed by atoms with van der Waals surface area (Å²) in [7, 11) is 0. The largest absolute Gasteiger partial charge is 0.433 e. The zero-order chi connectivity index (χ0) is 23.0. The third-order valence-corrected chi connectivity index (χ3v) is 6.89. The zero-order valence-electron chi connectivity index (χ0n) is 17.2. The molecule has 0 bridgehead atoms. The molecule has 4 rings (SSSR count). The van der Waals surface area contributed by atoms with Gasteiger partial charge in [0.15, 0.2) is 0 Å². The number of piperidine rings is 1. The van der Waals surface area contributed by atoms with Crippen molar-refractivity contribution in [3.63, 3.8) is 0 Å². The van der Waals surface area contributed by atoms with Gasteiger partial charge in [0.1, 0.15) is 10.5 Å². The van der Waals surface area contributed by atoms with E-state index in [2.05, 4.69) is 15.2 Å². The standard InChI is InChI=1S/C22H21F3N4O2S/c1-12-16-6-7-17(22(23,24)25)28-21(16)32-18(12)20(31)27-14-2-4-15(5-3-14)29-10-8-13(9-11-29)19(26)30/h2-7,13H,8-11H2,1H3,(H2,26,30)(H,27,31). The van der Waals surface area contributed by atoms with Crippen LogP contribution in [0.3, 0.4) is 0 Å². The number of alkyl halides is 3. The van der Waals surface area contributed by atoms with Gasteiger partial charge in [-0.3, -0.25) is 9.59 Å². The molecule has 0 unspecified atom stereocenters. The Hall–Kier alpha value is -3.14. The highest BCUT2D eigenvalue weighted by Crippen LogP contribution is 2.34. The Labute approximate surface area is 186 Å². The second-order valence-electron chi connectivity index (χ2n) is 7.77. The van der Waals surface area contributed by atoms with E-state index in [9.17, 15) is 22.8 Å². The average molecular weight is 462 g/mol. The van der Waals surface area contributed by atoms with E-state index in [0.29, 0.717) is 34.4 Å². The van der Waals surface area contributed by atoms with Gasteiger partial charge in [0.2, 0.25) is 5.91 Å². The van der Waals surface area contributed by atoms with Crippen molar-refractivity contribution in [2.75, 3.05) is 23.3 Å². The number of nitrogens with one attached hydrogen (secondary N) is 1. The molecule has 0 atom stereocenters. The lowest BCUT2D eigenvalue weighted by Gasteiger charge is -2.32. The van der Waals surface area contributed by atoms with Gasteiger partial charge in [-0.05, 0) is 61.7 Å². The van der Waals surface area contributed by atoms with Crippen molar-refractivity contribution in [3.05, 3.63) is 52.5 Å². The molecule has 3 aromatic rings. The number of nitrogens with two attached hydrogens (primary N) is 1. The molecule has 10 heteroatoms. The number of thiophene rings is 1. The Kier molecular flexibility index (Phi) is 5.81. The number of rotatable bonds is 4. The molecule has 0 aliphatic carbocycles. The topological polar surface area (TPSA) is 88.3 Å². The number of nitrogens with zero attached hydrogens (tertiary/aromatic N) is 2. The van der Waals surface area contributed by atoms with Crippen molar-refractivity contribution in [3.8, 4) is 0 Å². The maximum absolute atomic E-state index is 12.9. The number of pyridine rings is 1. The van der Waals surface area contributed by atoms with Gasteiger partial charge in [-0.15, -0.1) is 11.3 Å². The van der Waals surface area contributed by atoms with Crippen LogP contribution >= 0.6 is 11.3 Å². The van der Waals surface area contributed by atoms with Crippen molar-refractivity contribution in [2.24, 2.45) is 11.7 Å². The molecule has 1 saturated heterocycles. The van der Waals surface area contributed by atoms with Crippen LogP contribution in [0, 0.1) is 12.8 Å². The number of aromatic nitrogens is 1. The van der Waals surface area contributed by atoms with Crippen molar-refractivity contribution in [1.82, 2.24) is 4.98 Å². The minimum absolute atomic E-state index is 0.0870. The van der Waals surface area contributed by atoms with E-state index in [1.54, 1.807) is 19.1 Å². The van der Waals surface area contributed by atoms with E-state index in [4.69, 9.17) is 5.73 Å². The molecule has 2 amide bonds. The first-order valence-corrected chi connectivity index (χ1v) is 10.9. The van der Waals surface area contributed by atoms with Gasteiger partial charge >= 0.3 is 6.18 Å². The number of fused-ring (bicyclic) bond motifs is 1. The maximum Gasteiger partial charge on any atom is 0.433 e. The summed E-state index contributed by atoms with van der Waals surface area (Å²) in [5.74, 6) is -0.741. The number of anilines is 2. The summed E-state index contributed by atoms with van der Waals surface area (Å²) < 4.78 is 38.8. The lowest BCUT2D eigenvalue weighted by atomic mass is 9.96. The van der Waals surface area contributed by atoms with Crippen LogP contribution in [0.5, 0.6) is 0 Å². The first kappa shape index (κ1) is 22.1. The fourth-order valence-electron chi connectivity index (χ4n) is 3.84. The van der Waals surface area contributed by atoms with Crippen LogP contribution in [0.4, 0.5) is 24.5 Å². The van der Waals surface area contributed by atoms with Crippen LogP contribution in [0.2, 0.25) is 0 Å². The third kappa shape index (κ3) is 4.40. The van der Waals surface area contributed by atoms with E-state index in [0.717, 1.165) is 36.2 Å². The number of carbonyl (C=O) groups is 2. The predicted molar refractivity (Wildman–Crippen MR) is 118 cm³/mol. The summed E-state index contributed by atoms with van der Waals surface area (Å²) in [4.78, 5) is 30.4. The van der Waals surface area contributed by atoms with Crippen LogP contribution in [0.25, 0.3) is 10.2 Å². The molecule has 168 valence electrons. The minimum Gasteiger partial charge on any atom is -0.371 e. The second-order valence-corrected chi connectivity index (χ2v) is 8.77. The number of carbonyl (C=O) groups excluding carboxylic acids is 2. The van der Waals surface area contributed by atoms with E-state index in [1.807, 2.05) is 12.1 Å². The number of primary amides is 1. The highest BCUT2D eigenvalue weighted by atomic mass is 32.1. The molecule has 3 N–H and O–H groups in total. The highest BCUT2D eigenvalue weighted by molar-refractivity contribution is 7.20. The fraction of sp³-hybridized carbons (Fsp3) is 0.318. The monoisotopic (exact) mass is 462 g/mol. The number of aryl methyl sites for hydroxylation is 1. The summed E-state index contributed by atoms with van der Waals surface area (Å²) >= 11 is 0.941. The van der Waals surface area contributed by atoms with Crippen molar-refractivity contribution in [2.45, 2.75) is 25.9 Å². The van der Waals surface area contributed by atoms with Gasteiger partial charge in [0.25, 0.3) is 5.91 Å². The zero-order valence-corrected chi connectivity index (χ0v) is 18.0. The normalized spacial score (nSPS) is 15.2. The molecule has 1 fully saturated rings. The molecule has 6 nitrogen and oxygen atoms in total. The van der Waals surface area contributed by atoms with Crippen LogP contribution in [-0.2, 0) is 11.0 Å². The Morgan fingerprint density at radius 2 is 1.78 bits per heavy atom. The molecule has 0 saturated carbocycles. The van der Waals surface area contributed by atoms with Gasteiger partial charge in [-0.1, -0.05) is 0 Å². The van der Waals surface area contributed by atoms with Crippen LogP contribution < -0.4 is 16.0 Å². The molecule has 32 heavy (non-hydrogen) atoms. The number of benzene rings is 1. The molecular weight excluding hydrogens is 441 g/mol. The van der Waals surface area contributed by atoms with Gasteiger partial charge in [-0.25, -0.2) is 4.98 Å². The highest BCUT2D eigenvalue weighted by Gasteiger charge is 2.33. The van der Waals surface area contributed by atoms with Crippen molar-refractivity contribution in [1.29, 1.82) is 0 Å². The smallest absolute Gasteiger partial charge is 0.371 e. The van der Waals surface area contributed by atoms with Crippen molar-refractivity contribution < 1.29 is 22.8 Å². The van der Waals surface area contributed by atoms with Crippen molar-refractivity contribution >= 4 is 44.7 Å². The molecule has 2 aromatic heterocycles. The van der Waals surface area contributed by atoms with Gasteiger partial charge in [0.05, 0.1) is 4.88 Å². The summed E-state index contributed by atoms with van der Waals surface area (Å²) in [6.45, 7) is 3.15. The maximum atomic E-state index is 12.9. The molecule has 0 radical (unpaired) electrons. The lowest BCUT2D eigenvalue weighted by Crippen LogP contribution is -2.38. The quantitative estimate of drug-likeness (QED) is 0.594. The van der Waals surface area contributed by atoms with Gasteiger partial charge in [0, 0.05) is 35.8 Å². The molecule has 1 aliphatic rings. The predicted octanol–water partition coefficient (Wildman–Crippen LogP) is 4.58. The Balaban J connectivity index is 1.46. The minimum atomic E-state index is -4.54. The first-order chi connectivity index (χ1) is 15.1. The molecule has 1 aliphatic heterocycles. The summed E-state index contributed by atoms with van der Waals surface area (Å²) in [6.07, 6.45) is -3.11. The van der Waals surface area contributed by atoms with E-state index < -0.39 is 17.8 Å². The summed E-state index contributed by atoms with van der Waals surface area (Å²) in [5.41, 5.74) is 6.55. The summed E-state index contributed by atoms with van der Waals surface area (Å²) in [6, 6.07) is 9.59. The molecular formula is C22H21F3N4O2S. The third-order valence-electron chi connectivity index (χ3n) is 5.69. The number of hydrogen-bond acceptors (Lipinski definition) is 5. The van der Waals surface area contributed by atoms with E-state index in [1.165, 1.54) is 6.07 Å². The molecule has 0 spiro atoms. The lowest BCUT2D eigenvalue weighted by molar-refractivity contribution is -0.140. The first-order valence-electron chi connectivity index (χ1n) is 10.1. The second kappa shape index (κ2) is 8.42. The number of hydrogen-bond donors (Lipinski definition) is 2.